The van der Waals surface area contributed by atoms with Gasteiger partial charge < -0.3 is 10.2 Å². The number of alkyl halides is 3. The van der Waals surface area contributed by atoms with Crippen LogP contribution in [0.1, 0.15) is 31.7 Å². The van der Waals surface area contributed by atoms with Gasteiger partial charge in [-0.3, -0.25) is 9.48 Å². The Labute approximate surface area is 128 Å². The second-order valence-corrected chi connectivity index (χ2v) is 5.02. The Morgan fingerprint density at radius 1 is 1.36 bits per heavy atom. The minimum Gasteiger partial charge on any atom is -0.355 e. The second kappa shape index (κ2) is 8.17. The lowest BCUT2D eigenvalue weighted by molar-refractivity contribution is -0.141. The molecule has 8 heteroatoms. The van der Waals surface area contributed by atoms with Crippen molar-refractivity contribution in [3.05, 3.63) is 17.5 Å². The van der Waals surface area contributed by atoms with Gasteiger partial charge in [-0.05, 0) is 26.1 Å². The van der Waals surface area contributed by atoms with Crippen LogP contribution in [0.4, 0.5) is 13.2 Å². The summed E-state index contributed by atoms with van der Waals surface area (Å²) in [4.78, 5) is 13.9. The maximum atomic E-state index is 12.5. The molecular weight excluding hydrogens is 297 g/mol. The number of nitrogens with one attached hydrogen (secondary N) is 1. The molecule has 0 aliphatic rings. The predicted octanol–water partition coefficient (Wildman–Crippen LogP) is 2.06. The molecule has 0 bridgehead atoms. The Morgan fingerprint density at radius 3 is 2.50 bits per heavy atom. The van der Waals surface area contributed by atoms with Gasteiger partial charge in [-0.15, -0.1) is 0 Å². The van der Waals surface area contributed by atoms with E-state index in [4.69, 9.17) is 0 Å². The predicted molar refractivity (Wildman–Crippen MR) is 77.4 cm³/mol. The first-order chi connectivity index (χ1) is 10.3. The normalized spacial score (nSPS) is 12.0. The van der Waals surface area contributed by atoms with Gasteiger partial charge in [-0.25, -0.2) is 0 Å². The standard InChI is InChI=1S/C14H23F3N4O/c1-4-20(5-2)9-7-18-13(22)6-8-21-11(3)10-12(19-21)14(15,16)17/h10H,4-9H2,1-3H3,(H,18,22). The van der Waals surface area contributed by atoms with E-state index in [1.165, 1.54) is 4.68 Å². The minimum absolute atomic E-state index is 0.109. The topological polar surface area (TPSA) is 50.2 Å². The minimum atomic E-state index is -4.46. The van der Waals surface area contributed by atoms with Crippen molar-refractivity contribution in [3.63, 3.8) is 0 Å². The number of carbonyl (C=O) groups excluding carboxylic acids is 1. The molecule has 0 saturated heterocycles. The summed E-state index contributed by atoms with van der Waals surface area (Å²) in [5.41, 5.74) is -0.532. The van der Waals surface area contributed by atoms with E-state index >= 15 is 0 Å². The van der Waals surface area contributed by atoms with E-state index in [0.29, 0.717) is 12.2 Å². The number of aryl methyl sites for hydroxylation is 2. The smallest absolute Gasteiger partial charge is 0.355 e. The van der Waals surface area contributed by atoms with Crippen LogP contribution in [0.3, 0.4) is 0 Å². The molecule has 1 heterocycles. The first-order valence-corrected chi connectivity index (χ1v) is 7.38. The quantitative estimate of drug-likeness (QED) is 0.798. The average molecular weight is 320 g/mol. The van der Waals surface area contributed by atoms with E-state index in [0.717, 1.165) is 25.7 Å². The Kier molecular flexibility index (Phi) is 6.86. The summed E-state index contributed by atoms with van der Waals surface area (Å²) in [7, 11) is 0. The monoisotopic (exact) mass is 320 g/mol. The van der Waals surface area contributed by atoms with Gasteiger partial charge in [0.15, 0.2) is 5.69 Å². The number of carbonyl (C=O) groups is 1. The van der Waals surface area contributed by atoms with Crippen molar-refractivity contribution >= 4 is 5.91 Å². The van der Waals surface area contributed by atoms with Crippen LogP contribution < -0.4 is 5.32 Å². The van der Waals surface area contributed by atoms with Crippen LogP contribution >= 0.6 is 0 Å². The fourth-order valence-corrected chi connectivity index (χ4v) is 2.06. The number of halogens is 3. The molecule has 0 atom stereocenters. The van der Waals surface area contributed by atoms with Crippen LogP contribution in [0.25, 0.3) is 0 Å². The third-order valence-electron chi connectivity index (χ3n) is 3.47. The van der Waals surface area contributed by atoms with Gasteiger partial charge in [0.2, 0.25) is 5.91 Å². The summed E-state index contributed by atoms with van der Waals surface area (Å²) in [6, 6.07) is 0.984. The molecule has 0 saturated carbocycles. The second-order valence-electron chi connectivity index (χ2n) is 5.02. The van der Waals surface area contributed by atoms with Crippen LogP contribution in [-0.2, 0) is 17.5 Å². The molecular formula is C14H23F3N4O. The van der Waals surface area contributed by atoms with Gasteiger partial charge in [0.05, 0.1) is 0 Å². The molecule has 0 spiro atoms. The Morgan fingerprint density at radius 2 is 2.00 bits per heavy atom. The number of hydrogen-bond acceptors (Lipinski definition) is 3. The third-order valence-corrected chi connectivity index (χ3v) is 3.47. The van der Waals surface area contributed by atoms with Gasteiger partial charge in [0, 0.05) is 31.7 Å². The molecule has 0 radical (unpaired) electrons. The Balaban J connectivity index is 2.40. The number of rotatable bonds is 8. The Bertz CT molecular complexity index is 481. The molecule has 1 N–H and O–H groups in total. The van der Waals surface area contributed by atoms with E-state index in [-0.39, 0.29) is 18.9 Å². The fourth-order valence-electron chi connectivity index (χ4n) is 2.06. The molecule has 1 aromatic rings. The lowest BCUT2D eigenvalue weighted by atomic mass is 10.3. The van der Waals surface area contributed by atoms with Crippen molar-refractivity contribution in [1.29, 1.82) is 0 Å². The zero-order chi connectivity index (χ0) is 16.8. The molecule has 1 amide bonds. The number of likely N-dealkylation sites (N-methyl/N-ethyl adjacent to an activating group) is 1. The SMILES string of the molecule is CCN(CC)CCNC(=O)CCn1nc(C(F)(F)F)cc1C. The largest absolute Gasteiger partial charge is 0.435 e. The lowest BCUT2D eigenvalue weighted by Gasteiger charge is -2.17. The van der Waals surface area contributed by atoms with Crippen LogP contribution in [0.2, 0.25) is 0 Å². The lowest BCUT2D eigenvalue weighted by Crippen LogP contribution is -2.35. The molecule has 1 rings (SSSR count). The highest BCUT2D eigenvalue weighted by atomic mass is 19.4. The summed E-state index contributed by atoms with van der Waals surface area (Å²) in [5, 5.41) is 6.26. The van der Waals surface area contributed by atoms with Gasteiger partial charge in [0.25, 0.3) is 0 Å². The van der Waals surface area contributed by atoms with Gasteiger partial charge in [0.1, 0.15) is 0 Å². The van der Waals surface area contributed by atoms with E-state index in [1.54, 1.807) is 6.92 Å². The van der Waals surface area contributed by atoms with Crippen molar-refractivity contribution in [1.82, 2.24) is 20.0 Å². The summed E-state index contributed by atoms with van der Waals surface area (Å²) in [5.74, 6) is -0.185. The molecule has 0 unspecified atom stereocenters. The molecule has 0 aliphatic heterocycles. The zero-order valence-corrected chi connectivity index (χ0v) is 13.2. The highest BCUT2D eigenvalue weighted by Crippen LogP contribution is 2.28. The van der Waals surface area contributed by atoms with Gasteiger partial charge in [-0.1, -0.05) is 13.8 Å². The molecule has 0 aliphatic carbocycles. The van der Waals surface area contributed by atoms with Crippen LogP contribution in [0.5, 0.6) is 0 Å². The summed E-state index contributed by atoms with van der Waals surface area (Å²) < 4.78 is 38.8. The van der Waals surface area contributed by atoms with Crippen molar-refractivity contribution < 1.29 is 18.0 Å². The number of amides is 1. The van der Waals surface area contributed by atoms with E-state index < -0.39 is 11.9 Å². The van der Waals surface area contributed by atoms with E-state index in [9.17, 15) is 18.0 Å². The first-order valence-electron chi connectivity index (χ1n) is 7.38. The summed E-state index contributed by atoms with van der Waals surface area (Å²) in [6.45, 7) is 8.90. The van der Waals surface area contributed by atoms with Crippen molar-refractivity contribution in [2.24, 2.45) is 0 Å². The zero-order valence-electron chi connectivity index (χ0n) is 13.2. The number of aromatic nitrogens is 2. The van der Waals surface area contributed by atoms with Crippen LogP contribution in [0, 0.1) is 6.92 Å². The highest BCUT2D eigenvalue weighted by Gasteiger charge is 2.34. The Hall–Kier alpha value is -1.57. The highest BCUT2D eigenvalue weighted by molar-refractivity contribution is 5.75. The van der Waals surface area contributed by atoms with Crippen molar-refractivity contribution in [3.8, 4) is 0 Å². The first kappa shape index (κ1) is 18.5. The molecule has 5 nitrogen and oxygen atoms in total. The fraction of sp³-hybridized carbons (Fsp3) is 0.714. The maximum absolute atomic E-state index is 12.5. The maximum Gasteiger partial charge on any atom is 0.435 e. The molecule has 126 valence electrons. The van der Waals surface area contributed by atoms with Gasteiger partial charge >= 0.3 is 6.18 Å². The molecule has 22 heavy (non-hydrogen) atoms. The molecule has 0 aromatic carbocycles. The molecule has 0 fully saturated rings. The number of hydrogen-bond donors (Lipinski definition) is 1. The van der Waals surface area contributed by atoms with E-state index in [2.05, 4.69) is 15.3 Å². The van der Waals surface area contributed by atoms with Gasteiger partial charge in [-0.2, -0.15) is 18.3 Å². The molecule has 1 aromatic heterocycles. The number of nitrogens with zero attached hydrogens (tertiary/aromatic N) is 3. The summed E-state index contributed by atoms with van der Waals surface area (Å²) >= 11 is 0. The average Bonchev–Trinajstić information content (AvgIpc) is 2.83. The van der Waals surface area contributed by atoms with Crippen molar-refractivity contribution in [2.75, 3.05) is 26.2 Å². The van der Waals surface area contributed by atoms with E-state index in [1.807, 2.05) is 13.8 Å². The van der Waals surface area contributed by atoms with Crippen LogP contribution in [0.15, 0.2) is 6.07 Å². The van der Waals surface area contributed by atoms with Crippen LogP contribution in [-0.4, -0.2) is 46.8 Å². The van der Waals surface area contributed by atoms with Crippen molar-refractivity contribution in [2.45, 2.75) is 39.9 Å². The third kappa shape index (κ3) is 5.67. The summed E-state index contributed by atoms with van der Waals surface area (Å²) in [6.07, 6.45) is -4.35.